The number of carbonyl (C=O) groups is 1. The Bertz CT molecular complexity index is 1260. The van der Waals surface area contributed by atoms with Crippen LogP contribution in [0.4, 0.5) is 8.78 Å². The Morgan fingerprint density at radius 2 is 2.03 bits per heavy atom. The molecule has 8 nitrogen and oxygen atoms in total. The van der Waals surface area contributed by atoms with Gasteiger partial charge in [0, 0.05) is 12.2 Å². The number of hydrogen-bond donors (Lipinski definition) is 1. The molecular weight excluding hydrogens is 452 g/mol. The molecule has 0 radical (unpaired) electrons. The fourth-order valence-corrected chi connectivity index (χ4v) is 7.51. The minimum absolute atomic E-state index is 0.0132. The highest BCUT2D eigenvalue weighted by Crippen LogP contribution is 2.47. The molecule has 2 aromatic heterocycles. The lowest BCUT2D eigenvalue weighted by atomic mass is 9.89. The van der Waals surface area contributed by atoms with Crippen molar-refractivity contribution in [1.82, 2.24) is 9.97 Å². The molecule has 0 saturated carbocycles. The summed E-state index contributed by atoms with van der Waals surface area (Å²) in [5.41, 5.74) is 5.36. The molecule has 2 N–H and O–H groups in total. The lowest BCUT2D eigenvalue weighted by Crippen LogP contribution is -2.58. The molecular formula is C22H25F2N5O3S. The van der Waals surface area contributed by atoms with Crippen molar-refractivity contribution in [3.63, 3.8) is 0 Å². The number of fused-ring (bicyclic) bond motifs is 1. The van der Waals surface area contributed by atoms with Crippen molar-refractivity contribution in [1.29, 1.82) is 0 Å². The van der Waals surface area contributed by atoms with E-state index in [9.17, 15) is 13.4 Å². The Morgan fingerprint density at radius 1 is 1.27 bits per heavy atom. The Labute approximate surface area is 190 Å². The van der Waals surface area contributed by atoms with Gasteiger partial charge in [-0.3, -0.25) is 14.8 Å². The quantitative estimate of drug-likeness (QED) is 0.639. The van der Waals surface area contributed by atoms with Crippen molar-refractivity contribution in [3.8, 4) is 5.75 Å². The molecule has 2 aliphatic rings. The van der Waals surface area contributed by atoms with Crippen LogP contribution in [-0.2, 0) is 21.7 Å². The summed E-state index contributed by atoms with van der Waals surface area (Å²) in [6.45, 7) is 4.53. The molecule has 2 aliphatic heterocycles. The monoisotopic (exact) mass is 477 g/mol. The minimum Gasteiger partial charge on any atom is -0.461 e. The lowest BCUT2D eigenvalue weighted by molar-refractivity contribution is 0.0986. The van der Waals surface area contributed by atoms with Crippen molar-refractivity contribution < 1.29 is 22.5 Å². The van der Waals surface area contributed by atoms with Crippen LogP contribution in [0.3, 0.4) is 0 Å². The predicted molar refractivity (Wildman–Crippen MR) is 120 cm³/mol. The Kier molecular flexibility index (Phi) is 5.71. The molecule has 2 aromatic rings. The first-order valence-corrected chi connectivity index (χ1v) is 12.0. The van der Waals surface area contributed by atoms with Gasteiger partial charge in [-0.2, -0.15) is 0 Å². The maximum atomic E-state index is 15.0. The molecule has 0 aromatic carbocycles. The molecule has 0 unspecified atom stereocenters. The molecule has 4 rings (SSSR count). The standard InChI is InChI=1S/C22H25F2N5O3S/c1-21(2)20(25)29-22(3,18-8-9-27-33(18,21)31)19-15(24)6-4-13(28-19)10-17(30)16-7-5-14(11-26-16)32-12-23/h4-7,11,18H,8-10,12H2,1-3H3,(H2,25,29)/t18-,22+,33-/m1/s1. The van der Waals surface area contributed by atoms with E-state index >= 15 is 4.39 Å². The van der Waals surface area contributed by atoms with Crippen molar-refractivity contribution in [2.75, 3.05) is 13.4 Å². The van der Waals surface area contributed by atoms with E-state index in [4.69, 9.17) is 5.73 Å². The van der Waals surface area contributed by atoms with Crippen LogP contribution in [0.2, 0.25) is 0 Å². The summed E-state index contributed by atoms with van der Waals surface area (Å²) < 4.78 is 49.3. The third kappa shape index (κ3) is 3.68. The van der Waals surface area contributed by atoms with Crippen LogP contribution in [0.25, 0.3) is 0 Å². The van der Waals surface area contributed by atoms with Gasteiger partial charge in [0.15, 0.2) is 5.78 Å². The number of halogens is 2. The Hall–Kier alpha value is -2.95. The minimum atomic E-state index is -2.84. The summed E-state index contributed by atoms with van der Waals surface area (Å²) in [6, 6.07) is 5.49. The van der Waals surface area contributed by atoms with Gasteiger partial charge in [0.05, 0.1) is 27.6 Å². The number of rotatable bonds is 6. The molecule has 0 amide bonds. The fraction of sp³-hybridized carbons (Fsp3) is 0.455. The normalized spacial score (nSPS) is 27.9. The lowest BCUT2D eigenvalue weighted by Gasteiger charge is -2.44. The Morgan fingerprint density at radius 3 is 2.70 bits per heavy atom. The third-order valence-electron chi connectivity index (χ3n) is 6.36. The largest absolute Gasteiger partial charge is 0.461 e. The summed E-state index contributed by atoms with van der Waals surface area (Å²) >= 11 is 0. The average molecular weight is 478 g/mol. The second-order valence-electron chi connectivity index (χ2n) is 8.72. The van der Waals surface area contributed by atoms with Crippen molar-refractivity contribution in [2.24, 2.45) is 15.1 Å². The number of nitrogens with zero attached hydrogens (tertiary/aromatic N) is 4. The number of aromatic nitrogens is 2. The van der Waals surface area contributed by atoms with Crippen LogP contribution >= 0.6 is 0 Å². The molecule has 3 atom stereocenters. The van der Waals surface area contributed by atoms with Gasteiger partial charge >= 0.3 is 0 Å². The molecule has 0 aliphatic carbocycles. The molecule has 33 heavy (non-hydrogen) atoms. The summed E-state index contributed by atoms with van der Waals surface area (Å²) in [5, 5.41) is -0.565. The van der Waals surface area contributed by atoms with E-state index in [1.165, 1.54) is 30.5 Å². The summed E-state index contributed by atoms with van der Waals surface area (Å²) in [4.78, 5) is 25.7. The fourth-order valence-electron chi connectivity index (χ4n) is 4.36. The number of amidine groups is 1. The van der Waals surface area contributed by atoms with Crippen LogP contribution in [0.15, 0.2) is 39.8 Å². The van der Waals surface area contributed by atoms with Crippen LogP contribution in [0, 0.1) is 5.82 Å². The van der Waals surface area contributed by atoms with Gasteiger partial charge in [-0.1, -0.05) is 0 Å². The number of Topliss-reactive ketones (excluding diaryl/α,β-unsaturated/α-hetero) is 1. The van der Waals surface area contributed by atoms with Crippen LogP contribution in [0.1, 0.15) is 49.1 Å². The second-order valence-corrected chi connectivity index (χ2v) is 11.7. The smallest absolute Gasteiger partial charge is 0.228 e. The highest BCUT2D eigenvalue weighted by molar-refractivity contribution is 7.96. The van der Waals surface area contributed by atoms with Gasteiger partial charge < -0.3 is 10.5 Å². The topological polar surface area (TPSA) is 120 Å². The number of nitrogens with two attached hydrogens (primary N) is 1. The highest BCUT2D eigenvalue weighted by Gasteiger charge is 2.57. The molecule has 0 bridgehead atoms. The molecule has 4 heterocycles. The first-order valence-electron chi connectivity index (χ1n) is 10.4. The van der Waals surface area contributed by atoms with Crippen molar-refractivity contribution in [3.05, 3.63) is 53.4 Å². The van der Waals surface area contributed by atoms with Gasteiger partial charge in [-0.15, -0.1) is 0 Å². The van der Waals surface area contributed by atoms with E-state index in [-0.39, 0.29) is 35.2 Å². The van der Waals surface area contributed by atoms with E-state index in [1.807, 2.05) is 0 Å². The van der Waals surface area contributed by atoms with Gasteiger partial charge in [0.2, 0.25) is 6.86 Å². The number of aliphatic imine (C=N–C) groups is 1. The van der Waals surface area contributed by atoms with Gasteiger partial charge in [-0.25, -0.2) is 22.3 Å². The summed E-state index contributed by atoms with van der Waals surface area (Å²) in [5.74, 6) is -0.640. The van der Waals surface area contributed by atoms with Gasteiger partial charge in [0.25, 0.3) is 0 Å². The van der Waals surface area contributed by atoms with E-state index < -0.39 is 37.9 Å². The van der Waals surface area contributed by atoms with E-state index in [0.717, 1.165) is 0 Å². The zero-order valence-electron chi connectivity index (χ0n) is 18.5. The molecule has 0 saturated heterocycles. The number of ketones is 1. The second kappa shape index (κ2) is 8.12. The molecule has 0 spiro atoms. The van der Waals surface area contributed by atoms with Crippen molar-refractivity contribution >= 4 is 21.3 Å². The van der Waals surface area contributed by atoms with Crippen LogP contribution < -0.4 is 10.5 Å². The maximum absolute atomic E-state index is 15.0. The van der Waals surface area contributed by atoms with E-state index in [2.05, 4.69) is 24.1 Å². The van der Waals surface area contributed by atoms with E-state index in [1.54, 1.807) is 20.8 Å². The van der Waals surface area contributed by atoms with E-state index in [0.29, 0.717) is 18.7 Å². The van der Waals surface area contributed by atoms with Gasteiger partial charge in [0.1, 0.15) is 39.1 Å². The zero-order chi connectivity index (χ0) is 24.0. The number of alkyl halides is 1. The summed E-state index contributed by atoms with van der Waals surface area (Å²) in [7, 11) is -2.84. The number of pyridine rings is 2. The molecule has 11 heteroatoms. The zero-order valence-corrected chi connectivity index (χ0v) is 19.4. The number of ether oxygens (including phenoxy) is 1. The van der Waals surface area contributed by atoms with Gasteiger partial charge in [-0.05, 0) is 51.5 Å². The first kappa shape index (κ1) is 23.2. The first-order chi connectivity index (χ1) is 15.5. The SMILES string of the molecule is CC1(C)C(N)=N[C@](C)(c2nc(CC(=O)c3ccc(OCF)cn3)ccc2F)[C@H]2CCN=[S@@]21=O. The van der Waals surface area contributed by atoms with Crippen LogP contribution in [-0.4, -0.2) is 49.2 Å². The van der Waals surface area contributed by atoms with Crippen LogP contribution in [0.5, 0.6) is 5.75 Å². The number of hydrogen-bond acceptors (Lipinski definition) is 8. The van der Waals surface area contributed by atoms with Crippen molar-refractivity contribution in [2.45, 2.75) is 49.1 Å². The Balaban J connectivity index is 1.69. The molecule has 176 valence electrons. The predicted octanol–water partition coefficient (Wildman–Crippen LogP) is 2.95. The average Bonchev–Trinajstić information content (AvgIpc) is 3.19. The highest BCUT2D eigenvalue weighted by atomic mass is 32.2. The number of carbonyl (C=O) groups excluding carboxylic acids is 1. The summed E-state index contributed by atoms with van der Waals surface area (Å²) in [6.07, 6.45) is 1.57. The third-order valence-corrected chi connectivity index (χ3v) is 10.1. The maximum Gasteiger partial charge on any atom is 0.228 e. The molecule has 0 fully saturated rings.